The minimum Gasteiger partial charge on any atom is -0.490 e. The van der Waals surface area contributed by atoms with Crippen molar-refractivity contribution in [3.63, 3.8) is 0 Å². The second-order valence-electron chi connectivity index (χ2n) is 6.84. The number of alkyl halides is 3. The molecule has 1 fully saturated rings. The van der Waals surface area contributed by atoms with Crippen molar-refractivity contribution in [1.82, 2.24) is 4.90 Å². The average molecular weight is 528 g/mol. The maximum absolute atomic E-state index is 12.9. The Hall–Kier alpha value is -3.65. The summed E-state index contributed by atoms with van der Waals surface area (Å²) in [5.74, 6) is -2.13. The molecule has 0 unspecified atom stereocenters. The van der Waals surface area contributed by atoms with Gasteiger partial charge in [0, 0.05) is 6.07 Å². The van der Waals surface area contributed by atoms with E-state index in [4.69, 9.17) is 26.8 Å². The van der Waals surface area contributed by atoms with E-state index in [1.165, 1.54) is 24.3 Å². The van der Waals surface area contributed by atoms with Gasteiger partial charge in [0.2, 0.25) is 5.75 Å². The maximum Gasteiger partial charge on any atom is 0.416 e. The van der Waals surface area contributed by atoms with Gasteiger partial charge in [-0.2, -0.15) is 13.2 Å². The summed E-state index contributed by atoms with van der Waals surface area (Å²) in [6.45, 7) is 1.24. The number of nitro benzene ring substituents is 1. The van der Waals surface area contributed by atoms with Gasteiger partial charge in [-0.1, -0.05) is 30.0 Å². The number of carboxylic acid groups (broad SMARTS) is 1. The summed E-state index contributed by atoms with van der Waals surface area (Å²) in [5.41, 5.74) is -1.64. The molecule has 1 heterocycles. The molecule has 0 bridgehead atoms. The highest BCUT2D eigenvalue weighted by molar-refractivity contribution is 8.26. The molecule has 0 radical (unpaired) electrons. The van der Waals surface area contributed by atoms with Crippen LogP contribution in [0.5, 0.6) is 17.2 Å². The van der Waals surface area contributed by atoms with E-state index >= 15 is 0 Å². The number of carboxylic acids is 1. The summed E-state index contributed by atoms with van der Waals surface area (Å²) in [6.07, 6.45) is -3.32. The molecule has 1 N–H and O–H groups in total. The first-order valence-corrected chi connectivity index (χ1v) is 10.9. The number of aliphatic carboxylic acids is 1. The molecule has 3 rings (SSSR count). The Kier molecular flexibility index (Phi) is 7.65. The van der Waals surface area contributed by atoms with Gasteiger partial charge in [0.1, 0.15) is 10.9 Å². The highest BCUT2D eigenvalue weighted by Crippen LogP contribution is 2.41. The van der Waals surface area contributed by atoms with Gasteiger partial charge in [0.15, 0.2) is 11.5 Å². The first-order chi connectivity index (χ1) is 16.4. The SMILES string of the molecule is CCOc1cc(/C=C2\SC(=S)N(CC(=O)O)C2=O)ccc1Oc1ccc(C(F)(F)F)cc1[N+](=O)[O-]. The fourth-order valence-corrected chi connectivity index (χ4v) is 4.19. The summed E-state index contributed by atoms with van der Waals surface area (Å²) >= 11 is 5.97. The number of amides is 1. The number of rotatable bonds is 8. The Morgan fingerprint density at radius 2 is 1.91 bits per heavy atom. The van der Waals surface area contributed by atoms with Crippen LogP contribution in [0.4, 0.5) is 18.9 Å². The molecule has 1 aliphatic rings. The highest BCUT2D eigenvalue weighted by atomic mass is 32.2. The molecular weight excluding hydrogens is 513 g/mol. The van der Waals surface area contributed by atoms with Crippen molar-refractivity contribution in [2.75, 3.05) is 13.2 Å². The number of nitro groups is 1. The molecule has 14 heteroatoms. The number of hydrogen-bond acceptors (Lipinski definition) is 8. The van der Waals surface area contributed by atoms with Gasteiger partial charge in [-0.15, -0.1) is 0 Å². The lowest BCUT2D eigenvalue weighted by molar-refractivity contribution is -0.385. The van der Waals surface area contributed by atoms with Crippen LogP contribution in [-0.4, -0.2) is 44.3 Å². The van der Waals surface area contributed by atoms with Crippen LogP contribution in [-0.2, 0) is 15.8 Å². The van der Waals surface area contributed by atoms with Crippen LogP contribution < -0.4 is 9.47 Å². The Labute approximate surface area is 205 Å². The number of carbonyl (C=O) groups is 2. The summed E-state index contributed by atoms with van der Waals surface area (Å²) < 4.78 is 50.0. The molecular formula is C21H15F3N2O7S2. The molecule has 2 aromatic rings. The summed E-state index contributed by atoms with van der Waals surface area (Å²) in [4.78, 5) is 34.9. The predicted octanol–water partition coefficient (Wildman–Crippen LogP) is 5.09. The zero-order chi connectivity index (χ0) is 25.9. The highest BCUT2D eigenvalue weighted by Gasteiger charge is 2.34. The summed E-state index contributed by atoms with van der Waals surface area (Å²) in [6, 6.07) is 6.20. The van der Waals surface area contributed by atoms with Gasteiger partial charge in [0.25, 0.3) is 5.91 Å². The van der Waals surface area contributed by atoms with Gasteiger partial charge in [-0.05, 0) is 42.8 Å². The molecule has 1 amide bonds. The van der Waals surface area contributed by atoms with E-state index in [9.17, 15) is 32.9 Å². The zero-order valence-electron chi connectivity index (χ0n) is 17.7. The molecule has 0 atom stereocenters. The number of benzene rings is 2. The third-order valence-electron chi connectivity index (χ3n) is 4.44. The number of thioether (sulfide) groups is 1. The Morgan fingerprint density at radius 1 is 1.23 bits per heavy atom. The number of hydrogen-bond donors (Lipinski definition) is 1. The molecule has 1 saturated heterocycles. The monoisotopic (exact) mass is 528 g/mol. The number of nitrogens with zero attached hydrogens (tertiary/aromatic N) is 2. The molecule has 1 aliphatic heterocycles. The molecule has 2 aromatic carbocycles. The number of ether oxygens (including phenoxy) is 2. The molecule has 0 aliphatic carbocycles. The van der Waals surface area contributed by atoms with Crippen molar-refractivity contribution in [1.29, 1.82) is 0 Å². The van der Waals surface area contributed by atoms with Crippen LogP contribution in [0.3, 0.4) is 0 Å². The van der Waals surface area contributed by atoms with Crippen LogP contribution in [0, 0.1) is 10.1 Å². The number of carbonyl (C=O) groups excluding carboxylic acids is 1. The second kappa shape index (κ2) is 10.3. The normalized spacial score (nSPS) is 15.0. The third kappa shape index (κ3) is 6.08. The Balaban J connectivity index is 1.93. The first kappa shape index (κ1) is 26.0. The standard InChI is InChI=1S/C21H15F3N2O7S2/c1-2-32-16-7-11(8-17-19(29)25(10-18(27)28)20(34)35-17)3-5-15(16)33-14-6-4-12(21(22,23)24)9-13(14)26(30)31/h3-9H,2,10H2,1H3,(H,27,28)/b17-8-. The van der Waals surface area contributed by atoms with Gasteiger partial charge in [0.05, 0.1) is 22.0 Å². The minimum absolute atomic E-state index is 0.00900. The van der Waals surface area contributed by atoms with Crippen molar-refractivity contribution in [2.45, 2.75) is 13.1 Å². The third-order valence-corrected chi connectivity index (χ3v) is 5.81. The number of thiocarbonyl (C=S) groups is 1. The van der Waals surface area contributed by atoms with Gasteiger partial charge >= 0.3 is 17.8 Å². The Morgan fingerprint density at radius 3 is 2.51 bits per heavy atom. The van der Waals surface area contributed by atoms with Gasteiger partial charge in [-0.3, -0.25) is 24.6 Å². The molecule has 35 heavy (non-hydrogen) atoms. The lowest BCUT2D eigenvalue weighted by Crippen LogP contribution is -2.33. The largest absolute Gasteiger partial charge is 0.490 e. The van der Waals surface area contributed by atoms with Crippen LogP contribution in [0.2, 0.25) is 0 Å². The molecule has 0 aromatic heterocycles. The molecule has 9 nitrogen and oxygen atoms in total. The molecule has 0 spiro atoms. The van der Waals surface area contributed by atoms with Crippen molar-refractivity contribution in [2.24, 2.45) is 0 Å². The average Bonchev–Trinajstić information content (AvgIpc) is 3.02. The minimum atomic E-state index is -4.77. The van der Waals surface area contributed by atoms with Crippen molar-refractivity contribution in [3.8, 4) is 17.2 Å². The lowest BCUT2D eigenvalue weighted by Gasteiger charge is -2.14. The Bertz CT molecular complexity index is 1250. The van der Waals surface area contributed by atoms with E-state index in [0.29, 0.717) is 17.7 Å². The smallest absolute Gasteiger partial charge is 0.416 e. The topological polar surface area (TPSA) is 119 Å². The fraction of sp³-hybridized carbons (Fsp3) is 0.190. The van der Waals surface area contributed by atoms with E-state index in [0.717, 1.165) is 22.7 Å². The summed E-state index contributed by atoms with van der Waals surface area (Å²) in [5, 5.41) is 20.3. The molecule has 184 valence electrons. The zero-order valence-corrected chi connectivity index (χ0v) is 19.3. The first-order valence-electron chi connectivity index (χ1n) is 9.68. The predicted molar refractivity (Wildman–Crippen MR) is 123 cm³/mol. The summed E-state index contributed by atoms with van der Waals surface area (Å²) in [7, 11) is 0. The van der Waals surface area contributed by atoms with Crippen LogP contribution in [0.1, 0.15) is 18.1 Å². The van der Waals surface area contributed by atoms with Gasteiger partial charge in [-0.25, -0.2) is 0 Å². The van der Waals surface area contributed by atoms with E-state index in [2.05, 4.69) is 0 Å². The van der Waals surface area contributed by atoms with E-state index in [-0.39, 0.29) is 27.3 Å². The van der Waals surface area contributed by atoms with Crippen molar-refractivity contribution in [3.05, 3.63) is 62.5 Å². The fourth-order valence-electron chi connectivity index (χ4n) is 2.93. The van der Waals surface area contributed by atoms with Crippen LogP contribution in [0.25, 0.3) is 6.08 Å². The lowest BCUT2D eigenvalue weighted by atomic mass is 10.1. The number of halogens is 3. The quantitative estimate of drug-likeness (QED) is 0.216. The van der Waals surface area contributed by atoms with Crippen LogP contribution >= 0.6 is 24.0 Å². The van der Waals surface area contributed by atoms with E-state index in [1.54, 1.807) is 6.92 Å². The van der Waals surface area contributed by atoms with Crippen LogP contribution in [0.15, 0.2) is 41.3 Å². The van der Waals surface area contributed by atoms with Crippen molar-refractivity contribution < 1.29 is 42.3 Å². The van der Waals surface area contributed by atoms with Crippen molar-refractivity contribution >= 4 is 51.9 Å². The van der Waals surface area contributed by atoms with E-state index in [1.807, 2.05) is 0 Å². The van der Waals surface area contributed by atoms with E-state index < -0.39 is 46.5 Å². The second-order valence-corrected chi connectivity index (χ2v) is 8.52. The maximum atomic E-state index is 12.9. The van der Waals surface area contributed by atoms with Gasteiger partial charge < -0.3 is 14.6 Å². The molecule has 0 saturated carbocycles.